The molecule has 4 aromatic rings. The fourth-order valence-corrected chi connectivity index (χ4v) is 3.84. The summed E-state index contributed by atoms with van der Waals surface area (Å²) in [6.45, 7) is 2.30. The number of nitriles is 1. The number of fused-ring (bicyclic) bond motifs is 1. The largest absolute Gasteiger partial charge is 0.469 e. The minimum absolute atomic E-state index is 0.00155. The van der Waals surface area contributed by atoms with Crippen molar-refractivity contribution in [2.24, 2.45) is 7.05 Å². The maximum absolute atomic E-state index is 14.9. The van der Waals surface area contributed by atoms with Gasteiger partial charge in [0.15, 0.2) is 5.52 Å². The smallest absolute Gasteiger partial charge is 0.449 e. The molecule has 0 N–H and O–H groups in total. The SMILES string of the molecule is Cc1cncc(OC2CN(c3nc(-c4ccc(C#N)cc4F)c4nc(C(F)(F)F)n(C)c(=O)c4n3)C2)n1. The van der Waals surface area contributed by atoms with Crippen LogP contribution < -0.4 is 15.2 Å². The molecular weight excluding hydrogens is 496 g/mol. The summed E-state index contributed by atoms with van der Waals surface area (Å²) in [7, 11) is 0.928. The van der Waals surface area contributed by atoms with Gasteiger partial charge >= 0.3 is 6.18 Å². The summed E-state index contributed by atoms with van der Waals surface area (Å²) in [5.41, 5.74) is -1.85. The molecule has 0 aliphatic carbocycles. The molecule has 0 radical (unpaired) electrons. The van der Waals surface area contributed by atoms with Crippen LogP contribution in [0.15, 0.2) is 35.4 Å². The van der Waals surface area contributed by atoms with Crippen molar-refractivity contribution < 1.29 is 22.3 Å². The monoisotopic (exact) mass is 512 g/mol. The Morgan fingerprint density at radius 2 is 1.86 bits per heavy atom. The summed E-state index contributed by atoms with van der Waals surface area (Å²) >= 11 is 0. The van der Waals surface area contributed by atoms with E-state index < -0.39 is 34.4 Å². The van der Waals surface area contributed by atoms with Crippen molar-refractivity contribution in [2.75, 3.05) is 18.0 Å². The lowest BCUT2D eigenvalue weighted by molar-refractivity contribution is -0.147. The van der Waals surface area contributed by atoms with Gasteiger partial charge in [-0.15, -0.1) is 0 Å². The van der Waals surface area contributed by atoms with Crippen molar-refractivity contribution in [3.63, 3.8) is 0 Å². The third-order valence-electron chi connectivity index (χ3n) is 5.67. The van der Waals surface area contributed by atoms with E-state index in [1.165, 1.54) is 18.3 Å². The van der Waals surface area contributed by atoms with Crippen LogP contribution in [0.1, 0.15) is 17.1 Å². The molecule has 10 nitrogen and oxygen atoms in total. The molecular formula is C23H16F4N8O2. The van der Waals surface area contributed by atoms with Crippen LogP contribution >= 0.6 is 0 Å². The van der Waals surface area contributed by atoms with Gasteiger partial charge < -0.3 is 9.64 Å². The molecule has 14 heteroatoms. The second-order valence-corrected chi connectivity index (χ2v) is 8.32. The van der Waals surface area contributed by atoms with Crippen molar-refractivity contribution in [3.8, 4) is 23.2 Å². The van der Waals surface area contributed by atoms with Crippen molar-refractivity contribution >= 4 is 17.0 Å². The topological polar surface area (TPSA) is 123 Å². The van der Waals surface area contributed by atoms with Gasteiger partial charge in [0, 0.05) is 18.8 Å². The number of ether oxygens (including phenoxy) is 1. The van der Waals surface area contributed by atoms with E-state index in [0.717, 1.165) is 13.1 Å². The van der Waals surface area contributed by atoms with Gasteiger partial charge in [-0.1, -0.05) is 0 Å². The zero-order chi connectivity index (χ0) is 26.5. The van der Waals surface area contributed by atoms with Crippen LogP contribution in [0.2, 0.25) is 0 Å². The van der Waals surface area contributed by atoms with E-state index in [1.54, 1.807) is 24.1 Å². The fraction of sp³-hybridized carbons (Fsp3) is 0.261. The molecule has 0 unspecified atom stereocenters. The lowest BCUT2D eigenvalue weighted by atomic mass is 10.1. The van der Waals surface area contributed by atoms with Crippen LogP contribution in [-0.4, -0.2) is 48.7 Å². The second kappa shape index (κ2) is 8.77. The van der Waals surface area contributed by atoms with Gasteiger partial charge in [-0.25, -0.2) is 24.3 Å². The number of aryl methyl sites for hydroxylation is 1. The summed E-state index contributed by atoms with van der Waals surface area (Å²) in [6, 6.07) is 5.19. The molecule has 0 bridgehead atoms. The number of aromatic nitrogens is 6. The Labute approximate surface area is 205 Å². The molecule has 4 heterocycles. The molecule has 188 valence electrons. The molecule has 3 aromatic heterocycles. The van der Waals surface area contributed by atoms with Crippen LogP contribution in [0, 0.1) is 24.1 Å². The predicted octanol–water partition coefficient (Wildman–Crippen LogP) is 2.79. The second-order valence-electron chi connectivity index (χ2n) is 8.32. The maximum Gasteiger partial charge on any atom is 0.449 e. The van der Waals surface area contributed by atoms with E-state index in [1.807, 2.05) is 0 Å². The molecule has 0 atom stereocenters. The first-order valence-corrected chi connectivity index (χ1v) is 10.8. The van der Waals surface area contributed by atoms with E-state index in [9.17, 15) is 22.4 Å². The Hall–Kier alpha value is -4.67. The summed E-state index contributed by atoms with van der Waals surface area (Å²) in [4.78, 5) is 34.8. The molecule has 1 aromatic carbocycles. The number of hydrogen-bond donors (Lipinski definition) is 0. The van der Waals surface area contributed by atoms with Crippen LogP contribution in [-0.2, 0) is 13.2 Å². The molecule has 1 saturated heterocycles. The van der Waals surface area contributed by atoms with Gasteiger partial charge in [0.25, 0.3) is 5.56 Å². The Morgan fingerprint density at radius 3 is 2.51 bits per heavy atom. The van der Waals surface area contributed by atoms with Crippen molar-refractivity contribution in [2.45, 2.75) is 19.2 Å². The predicted molar refractivity (Wildman–Crippen MR) is 121 cm³/mol. The number of hydrogen-bond acceptors (Lipinski definition) is 9. The minimum atomic E-state index is -4.96. The summed E-state index contributed by atoms with van der Waals surface area (Å²) < 4.78 is 61.8. The Bertz CT molecular complexity index is 1640. The standard InChI is InChI=1S/C23H16F4N8O2/c1-11-7-29-8-16(30-11)37-13-9-35(10-13)22-32-17(14-4-3-12(6-28)5-15(14)24)18-19(33-22)20(36)34(2)21(31-18)23(25,26)27/h3-5,7-8,13H,9-10H2,1-2H3. The first kappa shape index (κ1) is 24.0. The highest BCUT2D eigenvalue weighted by atomic mass is 19.4. The number of nitrogens with zero attached hydrogens (tertiary/aromatic N) is 8. The van der Waals surface area contributed by atoms with Gasteiger partial charge in [-0.05, 0) is 25.1 Å². The Balaban J connectivity index is 1.60. The normalized spacial score (nSPS) is 13.9. The van der Waals surface area contributed by atoms with Crippen LogP contribution in [0.5, 0.6) is 5.88 Å². The van der Waals surface area contributed by atoms with Gasteiger partial charge in [-0.2, -0.15) is 18.4 Å². The number of anilines is 1. The van der Waals surface area contributed by atoms with Crippen molar-refractivity contribution in [3.05, 3.63) is 63.8 Å². The number of halogens is 4. The lowest BCUT2D eigenvalue weighted by Crippen LogP contribution is -2.54. The number of rotatable bonds is 4. The highest BCUT2D eigenvalue weighted by Crippen LogP contribution is 2.33. The molecule has 5 rings (SSSR count). The number of alkyl halides is 3. The van der Waals surface area contributed by atoms with E-state index in [-0.39, 0.29) is 42.0 Å². The lowest BCUT2D eigenvalue weighted by Gasteiger charge is -2.38. The minimum Gasteiger partial charge on any atom is -0.469 e. The molecule has 1 aliphatic rings. The average molecular weight is 512 g/mol. The van der Waals surface area contributed by atoms with Crippen molar-refractivity contribution in [1.29, 1.82) is 5.26 Å². The molecule has 0 spiro atoms. The molecule has 0 amide bonds. The third kappa shape index (κ3) is 4.39. The third-order valence-corrected chi connectivity index (χ3v) is 5.67. The van der Waals surface area contributed by atoms with E-state index >= 15 is 0 Å². The first-order valence-electron chi connectivity index (χ1n) is 10.8. The molecule has 37 heavy (non-hydrogen) atoms. The zero-order valence-electron chi connectivity index (χ0n) is 19.3. The average Bonchev–Trinajstić information content (AvgIpc) is 2.82. The van der Waals surface area contributed by atoms with E-state index in [0.29, 0.717) is 16.1 Å². The van der Waals surface area contributed by atoms with Crippen molar-refractivity contribution in [1.82, 2.24) is 29.5 Å². The van der Waals surface area contributed by atoms with Gasteiger partial charge in [-0.3, -0.25) is 14.3 Å². The first-order chi connectivity index (χ1) is 17.5. The maximum atomic E-state index is 14.9. The molecule has 0 saturated carbocycles. The number of benzene rings is 1. The summed E-state index contributed by atoms with van der Waals surface area (Å²) in [6.07, 6.45) is -2.24. The Morgan fingerprint density at radius 1 is 1.11 bits per heavy atom. The fourth-order valence-electron chi connectivity index (χ4n) is 3.84. The van der Waals surface area contributed by atoms with Gasteiger partial charge in [0.05, 0.1) is 36.6 Å². The summed E-state index contributed by atoms with van der Waals surface area (Å²) in [5.74, 6) is -2.08. The molecule has 1 aliphatic heterocycles. The van der Waals surface area contributed by atoms with E-state index in [2.05, 4.69) is 24.9 Å². The molecule has 1 fully saturated rings. The Kier molecular flexibility index (Phi) is 5.70. The quantitative estimate of drug-likeness (QED) is 0.380. The van der Waals surface area contributed by atoms with Gasteiger partial charge in [0.1, 0.15) is 23.1 Å². The highest BCUT2D eigenvalue weighted by Gasteiger charge is 2.38. The highest BCUT2D eigenvalue weighted by molar-refractivity contribution is 5.90. The van der Waals surface area contributed by atoms with E-state index in [4.69, 9.17) is 10.00 Å². The van der Waals surface area contributed by atoms with Crippen LogP contribution in [0.3, 0.4) is 0 Å². The van der Waals surface area contributed by atoms with Crippen LogP contribution in [0.25, 0.3) is 22.3 Å². The summed E-state index contributed by atoms with van der Waals surface area (Å²) in [5, 5.41) is 9.04. The van der Waals surface area contributed by atoms with Crippen LogP contribution in [0.4, 0.5) is 23.5 Å². The van der Waals surface area contributed by atoms with Gasteiger partial charge in [0.2, 0.25) is 17.7 Å². The zero-order valence-corrected chi connectivity index (χ0v) is 19.3.